The van der Waals surface area contributed by atoms with Crippen LogP contribution in [0.25, 0.3) is 0 Å². The minimum atomic E-state index is -0.0513. The first kappa shape index (κ1) is 14.4. The minimum Gasteiger partial charge on any atom is -0.508 e. The monoisotopic (exact) mass is 289 g/mol. The van der Waals surface area contributed by atoms with Crippen LogP contribution in [0.15, 0.2) is 48.5 Å². The lowest BCUT2D eigenvalue weighted by Crippen LogP contribution is -2.11. The molecule has 0 spiro atoms. The summed E-state index contributed by atoms with van der Waals surface area (Å²) in [5.74, 6) is 0.0912. The van der Waals surface area contributed by atoms with Crippen LogP contribution >= 0.6 is 11.6 Å². The number of aryl methyl sites for hydroxylation is 1. The average Bonchev–Trinajstić information content (AvgIpc) is 2.41. The average molecular weight is 290 g/mol. The van der Waals surface area contributed by atoms with E-state index in [0.717, 1.165) is 17.9 Å². The molecule has 0 aromatic heterocycles. The molecular weight excluding hydrogens is 274 g/mol. The molecule has 0 aliphatic rings. The van der Waals surface area contributed by atoms with Gasteiger partial charge in [0.05, 0.1) is 0 Å². The van der Waals surface area contributed by atoms with Crippen LogP contribution in [0, 0.1) is 0 Å². The molecule has 0 saturated carbocycles. The van der Waals surface area contributed by atoms with E-state index in [0.29, 0.717) is 12.1 Å². The molecule has 2 rings (SSSR count). The normalized spacial score (nSPS) is 10.2. The van der Waals surface area contributed by atoms with Crippen molar-refractivity contribution in [3.05, 3.63) is 59.1 Å². The number of rotatable bonds is 5. The Labute approximate surface area is 123 Å². The predicted molar refractivity (Wildman–Crippen MR) is 81.1 cm³/mol. The van der Waals surface area contributed by atoms with Crippen LogP contribution in [0.4, 0.5) is 5.69 Å². The first-order chi connectivity index (χ1) is 9.63. The number of hydrogen-bond donors (Lipinski definition) is 2. The Morgan fingerprint density at radius 3 is 2.60 bits per heavy atom. The summed E-state index contributed by atoms with van der Waals surface area (Å²) in [4.78, 5) is 11.8. The Kier molecular flexibility index (Phi) is 5.02. The second-order valence-corrected chi connectivity index (χ2v) is 5.01. The zero-order valence-electron chi connectivity index (χ0n) is 11.0. The molecule has 0 unspecified atom stereocenters. The molecule has 20 heavy (non-hydrogen) atoms. The predicted octanol–water partition coefficient (Wildman–Crippen LogP) is 4.01. The summed E-state index contributed by atoms with van der Waals surface area (Å²) < 4.78 is 0. The second-order valence-electron chi connectivity index (χ2n) is 4.58. The molecule has 0 fully saturated rings. The van der Waals surface area contributed by atoms with Crippen molar-refractivity contribution in [2.24, 2.45) is 0 Å². The number of phenols is 1. The molecule has 2 N–H and O–H groups in total. The standard InChI is InChI=1S/C16H16ClNO2/c17-13-9-7-12(8-10-13)3-1-6-16(20)18-14-4-2-5-15(19)11-14/h2,4-5,7-11,19H,1,3,6H2,(H,18,20). The lowest BCUT2D eigenvalue weighted by molar-refractivity contribution is -0.116. The molecule has 4 heteroatoms. The highest BCUT2D eigenvalue weighted by molar-refractivity contribution is 6.30. The van der Waals surface area contributed by atoms with Crippen molar-refractivity contribution in [2.45, 2.75) is 19.3 Å². The Bertz CT molecular complexity index is 581. The molecule has 0 radical (unpaired) electrons. The van der Waals surface area contributed by atoms with Crippen molar-refractivity contribution in [1.29, 1.82) is 0 Å². The molecule has 0 aliphatic carbocycles. The van der Waals surface area contributed by atoms with Gasteiger partial charge in [0.25, 0.3) is 0 Å². The number of phenolic OH excluding ortho intramolecular Hbond substituents is 1. The van der Waals surface area contributed by atoms with Crippen LogP contribution in [-0.4, -0.2) is 11.0 Å². The topological polar surface area (TPSA) is 49.3 Å². The van der Waals surface area contributed by atoms with Gasteiger partial charge in [0, 0.05) is 23.2 Å². The Balaban J connectivity index is 1.76. The second kappa shape index (κ2) is 6.96. The highest BCUT2D eigenvalue weighted by atomic mass is 35.5. The number of aromatic hydroxyl groups is 1. The van der Waals surface area contributed by atoms with E-state index in [2.05, 4.69) is 5.32 Å². The van der Waals surface area contributed by atoms with Gasteiger partial charge in [-0.15, -0.1) is 0 Å². The van der Waals surface area contributed by atoms with Gasteiger partial charge in [-0.1, -0.05) is 29.8 Å². The van der Waals surface area contributed by atoms with Crippen molar-refractivity contribution in [3.8, 4) is 5.75 Å². The van der Waals surface area contributed by atoms with Gasteiger partial charge in [0.15, 0.2) is 0 Å². The Hall–Kier alpha value is -2.00. The summed E-state index contributed by atoms with van der Waals surface area (Å²) in [6.45, 7) is 0. The van der Waals surface area contributed by atoms with Gasteiger partial charge < -0.3 is 10.4 Å². The van der Waals surface area contributed by atoms with Gasteiger partial charge in [-0.2, -0.15) is 0 Å². The van der Waals surface area contributed by atoms with E-state index in [1.165, 1.54) is 11.6 Å². The molecule has 0 aliphatic heterocycles. The summed E-state index contributed by atoms with van der Waals surface area (Å²) in [6, 6.07) is 14.2. The molecule has 0 heterocycles. The summed E-state index contributed by atoms with van der Waals surface area (Å²) in [6.07, 6.45) is 2.05. The molecule has 0 atom stereocenters. The van der Waals surface area contributed by atoms with Gasteiger partial charge in [0.1, 0.15) is 5.75 Å². The quantitative estimate of drug-likeness (QED) is 0.874. The number of amides is 1. The van der Waals surface area contributed by atoms with Crippen molar-refractivity contribution in [1.82, 2.24) is 0 Å². The minimum absolute atomic E-state index is 0.0513. The van der Waals surface area contributed by atoms with Crippen LogP contribution in [0.1, 0.15) is 18.4 Å². The van der Waals surface area contributed by atoms with Crippen molar-refractivity contribution >= 4 is 23.2 Å². The number of nitrogens with one attached hydrogen (secondary N) is 1. The highest BCUT2D eigenvalue weighted by Gasteiger charge is 2.03. The molecule has 3 nitrogen and oxygen atoms in total. The van der Waals surface area contributed by atoms with Crippen molar-refractivity contribution in [3.63, 3.8) is 0 Å². The van der Waals surface area contributed by atoms with E-state index < -0.39 is 0 Å². The largest absolute Gasteiger partial charge is 0.508 e. The Morgan fingerprint density at radius 2 is 1.90 bits per heavy atom. The summed E-state index contributed by atoms with van der Waals surface area (Å²) in [5, 5.41) is 12.8. The van der Waals surface area contributed by atoms with Gasteiger partial charge in [-0.25, -0.2) is 0 Å². The molecule has 1 amide bonds. The summed E-state index contributed by atoms with van der Waals surface area (Å²) in [7, 11) is 0. The number of hydrogen-bond acceptors (Lipinski definition) is 2. The van der Waals surface area contributed by atoms with Crippen LogP contribution in [0.3, 0.4) is 0 Å². The number of halogens is 1. The molecule has 2 aromatic rings. The SMILES string of the molecule is O=C(CCCc1ccc(Cl)cc1)Nc1cccc(O)c1. The molecule has 0 saturated heterocycles. The van der Waals surface area contributed by atoms with Crippen LogP contribution in [0.5, 0.6) is 5.75 Å². The summed E-state index contributed by atoms with van der Waals surface area (Å²) >= 11 is 5.81. The number of carbonyl (C=O) groups is 1. The van der Waals surface area contributed by atoms with Crippen LogP contribution in [-0.2, 0) is 11.2 Å². The molecular formula is C16H16ClNO2. The van der Waals surface area contributed by atoms with Gasteiger partial charge in [0.2, 0.25) is 5.91 Å². The van der Waals surface area contributed by atoms with Crippen LogP contribution in [0.2, 0.25) is 5.02 Å². The summed E-state index contributed by atoms with van der Waals surface area (Å²) in [5.41, 5.74) is 1.78. The maximum absolute atomic E-state index is 11.8. The van der Waals surface area contributed by atoms with E-state index in [1.54, 1.807) is 18.2 Å². The van der Waals surface area contributed by atoms with E-state index in [4.69, 9.17) is 11.6 Å². The maximum Gasteiger partial charge on any atom is 0.224 e. The van der Waals surface area contributed by atoms with E-state index in [1.807, 2.05) is 24.3 Å². The maximum atomic E-state index is 11.8. The molecule has 104 valence electrons. The fourth-order valence-electron chi connectivity index (χ4n) is 1.91. The number of anilines is 1. The zero-order valence-corrected chi connectivity index (χ0v) is 11.7. The van der Waals surface area contributed by atoms with Crippen molar-refractivity contribution < 1.29 is 9.90 Å². The van der Waals surface area contributed by atoms with Crippen molar-refractivity contribution in [2.75, 3.05) is 5.32 Å². The third-order valence-electron chi connectivity index (χ3n) is 2.91. The third-order valence-corrected chi connectivity index (χ3v) is 3.16. The third kappa shape index (κ3) is 4.59. The number of benzene rings is 2. The lowest BCUT2D eigenvalue weighted by atomic mass is 10.1. The Morgan fingerprint density at radius 1 is 1.15 bits per heavy atom. The highest BCUT2D eigenvalue weighted by Crippen LogP contribution is 2.16. The van der Waals surface area contributed by atoms with E-state index in [9.17, 15) is 9.90 Å². The van der Waals surface area contributed by atoms with Crippen LogP contribution < -0.4 is 5.32 Å². The van der Waals surface area contributed by atoms with E-state index in [-0.39, 0.29) is 11.7 Å². The van der Waals surface area contributed by atoms with Gasteiger partial charge in [-0.3, -0.25) is 4.79 Å². The first-order valence-corrected chi connectivity index (χ1v) is 6.84. The lowest BCUT2D eigenvalue weighted by Gasteiger charge is -2.05. The van der Waals surface area contributed by atoms with Gasteiger partial charge in [-0.05, 0) is 42.7 Å². The number of carbonyl (C=O) groups excluding carboxylic acids is 1. The van der Waals surface area contributed by atoms with E-state index >= 15 is 0 Å². The molecule has 0 bridgehead atoms. The fraction of sp³-hybridized carbons (Fsp3) is 0.188. The first-order valence-electron chi connectivity index (χ1n) is 6.47. The zero-order chi connectivity index (χ0) is 14.4. The molecule has 2 aromatic carbocycles. The fourth-order valence-corrected chi connectivity index (χ4v) is 2.04. The van der Waals surface area contributed by atoms with Gasteiger partial charge >= 0.3 is 0 Å². The smallest absolute Gasteiger partial charge is 0.224 e.